The molecular weight excluding hydrogens is 186 g/mol. The number of aliphatic hydroxyl groups is 1. The number of aliphatic hydroxyl groups excluding tert-OH is 1. The summed E-state index contributed by atoms with van der Waals surface area (Å²) in [7, 11) is 0. The molecule has 2 heteroatoms. The smallest absolute Gasteiger partial charge is 0.0524 e. The van der Waals surface area contributed by atoms with E-state index in [1.165, 1.54) is 16.7 Å². The fourth-order valence-electron chi connectivity index (χ4n) is 1.65. The van der Waals surface area contributed by atoms with E-state index in [-0.39, 0.29) is 6.10 Å². The van der Waals surface area contributed by atoms with Crippen LogP contribution in [0.25, 0.3) is 0 Å². The van der Waals surface area contributed by atoms with Crippen LogP contribution in [0.4, 0.5) is 0 Å². The highest BCUT2D eigenvalue weighted by Crippen LogP contribution is 2.12. The van der Waals surface area contributed by atoms with Gasteiger partial charge >= 0.3 is 0 Å². The van der Waals surface area contributed by atoms with Crippen LogP contribution < -0.4 is 5.32 Å². The topological polar surface area (TPSA) is 32.3 Å². The molecule has 0 aliphatic heterocycles. The van der Waals surface area contributed by atoms with Gasteiger partial charge in [-0.1, -0.05) is 18.2 Å². The van der Waals surface area contributed by atoms with Crippen LogP contribution in [0.3, 0.4) is 0 Å². The summed E-state index contributed by atoms with van der Waals surface area (Å²) in [5.41, 5.74) is 4.04. The van der Waals surface area contributed by atoms with Crippen LogP contribution >= 0.6 is 0 Å². The van der Waals surface area contributed by atoms with Gasteiger partial charge in [-0.05, 0) is 50.4 Å². The molecule has 0 aliphatic rings. The molecule has 0 amide bonds. The van der Waals surface area contributed by atoms with Crippen molar-refractivity contribution in [2.45, 2.75) is 39.8 Å². The molecule has 1 aromatic carbocycles. The third-order valence-corrected chi connectivity index (χ3v) is 2.69. The maximum atomic E-state index is 9.12. The first-order chi connectivity index (χ1) is 7.11. The molecule has 2 nitrogen and oxygen atoms in total. The molecule has 0 fully saturated rings. The van der Waals surface area contributed by atoms with Gasteiger partial charge in [0.1, 0.15) is 0 Å². The lowest BCUT2D eigenvalue weighted by atomic mass is 10.0. The SMILES string of the molecule is Cc1cccc(C)c1CNCC[C@@H](C)O. The van der Waals surface area contributed by atoms with Crippen molar-refractivity contribution in [3.8, 4) is 0 Å². The molecule has 0 heterocycles. The fraction of sp³-hybridized carbons (Fsp3) is 0.538. The second-order valence-electron chi connectivity index (χ2n) is 4.18. The monoisotopic (exact) mass is 207 g/mol. The lowest BCUT2D eigenvalue weighted by Crippen LogP contribution is -2.19. The maximum Gasteiger partial charge on any atom is 0.0524 e. The fourth-order valence-corrected chi connectivity index (χ4v) is 1.65. The zero-order valence-electron chi connectivity index (χ0n) is 9.88. The Bertz CT molecular complexity index is 287. The minimum absolute atomic E-state index is 0.213. The van der Waals surface area contributed by atoms with E-state index < -0.39 is 0 Å². The molecule has 1 atom stereocenters. The summed E-state index contributed by atoms with van der Waals surface area (Å²) in [5.74, 6) is 0. The standard InChI is InChI=1S/C13H21NO/c1-10-5-4-6-11(2)13(10)9-14-8-7-12(3)15/h4-6,12,14-15H,7-9H2,1-3H3/t12-/m1/s1. The summed E-state index contributed by atoms with van der Waals surface area (Å²) in [6.45, 7) is 7.86. The van der Waals surface area contributed by atoms with Crippen molar-refractivity contribution in [1.82, 2.24) is 5.32 Å². The number of rotatable bonds is 5. The lowest BCUT2D eigenvalue weighted by molar-refractivity contribution is 0.183. The van der Waals surface area contributed by atoms with E-state index >= 15 is 0 Å². The van der Waals surface area contributed by atoms with Crippen LogP contribution in [-0.4, -0.2) is 17.8 Å². The Labute approximate surface area is 92.3 Å². The highest BCUT2D eigenvalue weighted by Gasteiger charge is 2.01. The highest BCUT2D eigenvalue weighted by atomic mass is 16.3. The number of hydrogen-bond donors (Lipinski definition) is 2. The Morgan fingerprint density at radius 3 is 2.40 bits per heavy atom. The largest absolute Gasteiger partial charge is 0.393 e. The summed E-state index contributed by atoms with van der Waals surface area (Å²) in [6.07, 6.45) is 0.598. The van der Waals surface area contributed by atoms with E-state index in [0.29, 0.717) is 0 Å². The zero-order valence-corrected chi connectivity index (χ0v) is 9.88. The molecule has 0 unspecified atom stereocenters. The van der Waals surface area contributed by atoms with Gasteiger partial charge in [-0.15, -0.1) is 0 Å². The van der Waals surface area contributed by atoms with Crippen LogP contribution in [0.1, 0.15) is 30.0 Å². The van der Waals surface area contributed by atoms with Crippen molar-refractivity contribution < 1.29 is 5.11 Å². The molecule has 84 valence electrons. The minimum atomic E-state index is -0.213. The molecule has 0 aliphatic carbocycles. The van der Waals surface area contributed by atoms with E-state index in [1.807, 2.05) is 6.92 Å². The Morgan fingerprint density at radius 1 is 1.27 bits per heavy atom. The van der Waals surface area contributed by atoms with Crippen LogP contribution in [-0.2, 0) is 6.54 Å². The first-order valence-corrected chi connectivity index (χ1v) is 5.55. The molecular formula is C13H21NO. The second-order valence-corrected chi connectivity index (χ2v) is 4.18. The van der Waals surface area contributed by atoms with E-state index in [1.54, 1.807) is 0 Å². The number of nitrogens with one attached hydrogen (secondary N) is 1. The van der Waals surface area contributed by atoms with Crippen molar-refractivity contribution in [3.63, 3.8) is 0 Å². The Balaban J connectivity index is 2.43. The molecule has 0 radical (unpaired) electrons. The third-order valence-electron chi connectivity index (χ3n) is 2.69. The van der Waals surface area contributed by atoms with Crippen LogP contribution in [0, 0.1) is 13.8 Å². The van der Waals surface area contributed by atoms with E-state index in [4.69, 9.17) is 5.11 Å². The van der Waals surface area contributed by atoms with Gasteiger partial charge in [0.25, 0.3) is 0 Å². The zero-order chi connectivity index (χ0) is 11.3. The summed E-state index contributed by atoms with van der Waals surface area (Å²) in [4.78, 5) is 0. The average Bonchev–Trinajstić information content (AvgIpc) is 2.15. The summed E-state index contributed by atoms with van der Waals surface area (Å²) < 4.78 is 0. The predicted molar refractivity (Wildman–Crippen MR) is 63.9 cm³/mol. The first-order valence-electron chi connectivity index (χ1n) is 5.55. The van der Waals surface area contributed by atoms with Gasteiger partial charge in [-0.25, -0.2) is 0 Å². The molecule has 1 aromatic rings. The lowest BCUT2D eigenvalue weighted by Gasteiger charge is -2.11. The van der Waals surface area contributed by atoms with E-state index in [2.05, 4.69) is 37.4 Å². The van der Waals surface area contributed by atoms with E-state index in [0.717, 1.165) is 19.5 Å². The predicted octanol–water partition coefficient (Wildman–Crippen LogP) is 2.16. The van der Waals surface area contributed by atoms with Gasteiger partial charge in [-0.2, -0.15) is 0 Å². The number of aryl methyl sites for hydroxylation is 2. The quantitative estimate of drug-likeness (QED) is 0.725. The van der Waals surface area contributed by atoms with Gasteiger partial charge < -0.3 is 10.4 Å². The average molecular weight is 207 g/mol. The Morgan fingerprint density at radius 2 is 1.87 bits per heavy atom. The van der Waals surface area contributed by atoms with Crippen molar-refractivity contribution in [3.05, 3.63) is 34.9 Å². The molecule has 0 saturated heterocycles. The highest BCUT2D eigenvalue weighted by molar-refractivity contribution is 5.33. The van der Waals surface area contributed by atoms with Crippen molar-refractivity contribution in [2.75, 3.05) is 6.54 Å². The van der Waals surface area contributed by atoms with Gasteiger partial charge in [0.05, 0.1) is 6.10 Å². The molecule has 0 aromatic heterocycles. The Hall–Kier alpha value is -0.860. The van der Waals surface area contributed by atoms with Gasteiger partial charge in [0, 0.05) is 6.54 Å². The molecule has 0 saturated carbocycles. The van der Waals surface area contributed by atoms with Gasteiger partial charge in [-0.3, -0.25) is 0 Å². The second kappa shape index (κ2) is 5.89. The maximum absolute atomic E-state index is 9.12. The molecule has 1 rings (SSSR count). The van der Waals surface area contributed by atoms with Crippen LogP contribution in [0.15, 0.2) is 18.2 Å². The van der Waals surface area contributed by atoms with Crippen LogP contribution in [0.5, 0.6) is 0 Å². The van der Waals surface area contributed by atoms with E-state index in [9.17, 15) is 0 Å². The first kappa shape index (κ1) is 12.2. The Kier molecular flexibility index (Phi) is 4.79. The summed E-state index contributed by atoms with van der Waals surface area (Å²) in [6, 6.07) is 6.36. The van der Waals surface area contributed by atoms with Crippen molar-refractivity contribution in [2.24, 2.45) is 0 Å². The molecule has 0 spiro atoms. The molecule has 2 N–H and O–H groups in total. The van der Waals surface area contributed by atoms with Gasteiger partial charge in [0.2, 0.25) is 0 Å². The van der Waals surface area contributed by atoms with Crippen molar-refractivity contribution >= 4 is 0 Å². The van der Waals surface area contributed by atoms with Gasteiger partial charge in [0.15, 0.2) is 0 Å². The minimum Gasteiger partial charge on any atom is -0.393 e. The number of hydrogen-bond acceptors (Lipinski definition) is 2. The van der Waals surface area contributed by atoms with Crippen LogP contribution in [0.2, 0.25) is 0 Å². The molecule has 0 bridgehead atoms. The number of benzene rings is 1. The molecule has 15 heavy (non-hydrogen) atoms. The van der Waals surface area contributed by atoms with Crippen molar-refractivity contribution in [1.29, 1.82) is 0 Å². The summed E-state index contributed by atoms with van der Waals surface area (Å²) in [5, 5.41) is 12.5. The summed E-state index contributed by atoms with van der Waals surface area (Å²) >= 11 is 0. The third kappa shape index (κ3) is 4.02. The normalized spacial score (nSPS) is 12.8.